The summed E-state index contributed by atoms with van der Waals surface area (Å²) in [6.07, 6.45) is -2.20. The second kappa shape index (κ2) is 20.3. The first kappa shape index (κ1) is 33.1. The Balaban J connectivity index is 3.60. The van der Waals surface area contributed by atoms with Crippen molar-refractivity contribution in [2.75, 3.05) is 53.2 Å². The maximum absolute atomic E-state index is 11.2. The van der Waals surface area contributed by atoms with Gasteiger partial charge in [-0.3, -0.25) is 0 Å². The Morgan fingerprint density at radius 3 is 1.23 bits per heavy atom. The molecule has 0 aromatic heterocycles. The van der Waals surface area contributed by atoms with Crippen LogP contribution in [-0.2, 0) is 38.0 Å². The normalized spacial score (nSPS) is 14.6. The van der Waals surface area contributed by atoms with Gasteiger partial charge in [0.1, 0.15) is 39.0 Å². The Morgan fingerprint density at radius 2 is 0.914 bits per heavy atom. The van der Waals surface area contributed by atoms with Crippen LogP contribution < -0.4 is 0 Å². The van der Waals surface area contributed by atoms with Gasteiger partial charge in [-0.25, -0.2) is 9.59 Å². The molecule has 0 bridgehead atoms. The minimum absolute atomic E-state index is 0.0190. The van der Waals surface area contributed by atoms with Crippen molar-refractivity contribution in [2.45, 2.75) is 57.5 Å². The second-order valence-electron chi connectivity index (χ2n) is 8.02. The van der Waals surface area contributed by atoms with Gasteiger partial charge in [-0.15, -0.1) is 0 Å². The summed E-state index contributed by atoms with van der Waals surface area (Å²) in [6, 6.07) is 0. The first-order chi connectivity index (χ1) is 16.5. The van der Waals surface area contributed by atoms with Gasteiger partial charge >= 0.3 is 11.9 Å². The standard InChI is InChI=1S/C23H40O12/c1-16(2)22(28)34-12-20(26)10-32-14-30-8-18(24)6-5-7-19(25)9-31-15-33-11-21(27)13-35-23(29)17(3)4/h18-21,24-27H,1,3,5-15H2,2,4H3. The summed E-state index contributed by atoms with van der Waals surface area (Å²) < 4.78 is 30.1. The van der Waals surface area contributed by atoms with E-state index in [2.05, 4.69) is 13.2 Å². The van der Waals surface area contributed by atoms with Crippen molar-refractivity contribution in [3.63, 3.8) is 0 Å². The minimum Gasteiger partial charge on any atom is -0.460 e. The van der Waals surface area contributed by atoms with Gasteiger partial charge in [0.25, 0.3) is 0 Å². The fourth-order valence-corrected chi connectivity index (χ4v) is 2.30. The Hall–Kier alpha value is -1.90. The molecule has 35 heavy (non-hydrogen) atoms. The number of hydrogen-bond donors (Lipinski definition) is 4. The number of carbonyl (C=O) groups is 2. The highest BCUT2D eigenvalue weighted by atomic mass is 16.7. The number of aliphatic hydroxyl groups is 4. The van der Waals surface area contributed by atoms with Crippen molar-refractivity contribution in [1.82, 2.24) is 0 Å². The van der Waals surface area contributed by atoms with E-state index < -0.39 is 36.4 Å². The number of hydrogen-bond acceptors (Lipinski definition) is 12. The lowest BCUT2D eigenvalue weighted by atomic mass is 10.1. The maximum Gasteiger partial charge on any atom is 0.333 e. The summed E-state index contributed by atoms with van der Waals surface area (Å²) in [6.45, 7) is 8.95. The topological polar surface area (TPSA) is 170 Å². The van der Waals surface area contributed by atoms with Crippen LogP contribution >= 0.6 is 0 Å². The van der Waals surface area contributed by atoms with Gasteiger partial charge in [0.2, 0.25) is 0 Å². The van der Waals surface area contributed by atoms with Crippen molar-refractivity contribution < 1.29 is 58.4 Å². The van der Waals surface area contributed by atoms with E-state index in [1.807, 2.05) is 0 Å². The Kier molecular flexibility index (Phi) is 19.2. The average molecular weight is 509 g/mol. The molecule has 12 nitrogen and oxygen atoms in total. The lowest BCUT2D eigenvalue weighted by Gasteiger charge is -2.15. The number of carbonyl (C=O) groups excluding carboxylic acids is 2. The monoisotopic (exact) mass is 508 g/mol. The molecule has 4 N–H and O–H groups in total. The molecule has 0 aliphatic rings. The second-order valence-corrected chi connectivity index (χ2v) is 8.02. The van der Waals surface area contributed by atoms with Gasteiger partial charge < -0.3 is 48.8 Å². The van der Waals surface area contributed by atoms with E-state index in [-0.39, 0.29) is 64.4 Å². The first-order valence-corrected chi connectivity index (χ1v) is 11.2. The minimum atomic E-state index is -1.00. The average Bonchev–Trinajstić information content (AvgIpc) is 2.80. The predicted octanol–water partition coefficient (Wildman–Crippen LogP) is -0.180. The molecule has 0 aliphatic carbocycles. The molecule has 4 unspecified atom stereocenters. The summed E-state index contributed by atoms with van der Waals surface area (Å²) in [4.78, 5) is 22.4. The molecule has 0 heterocycles. The van der Waals surface area contributed by atoms with Crippen LogP contribution in [0.25, 0.3) is 0 Å². The van der Waals surface area contributed by atoms with E-state index in [0.717, 1.165) is 0 Å². The summed E-state index contributed by atoms with van der Waals surface area (Å²) in [5, 5.41) is 39.0. The van der Waals surface area contributed by atoms with Crippen LogP contribution in [0.3, 0.4) is 0 Å². The zero-order valence-corrected chi connectivity index (χ0v) is 20.6. The van der Waals surface area contributed by atoms with E-state index in [1.165, 1.54) is 13.8 Å². The molecule has 0 saturated heterocycles. The molecule has 0 fully saturated rings. The lowest BCUT2D eigenvalue weighted by molar-refractivity contribution is -0.146. The summed E-state index contributed by atoms with van der Waals surface area (Å²) in [7, 11) is 0. The van der Waals surface area contributed by atoms with E-state index in [0.29, 0.717) is 19.3 Å². The van der Waals surface area contributed by atoms with Gasteiger partial charge in [-0.2, -0.15) is 0 Å². The fourth-order valence-electron chi connectivity index (χ4n) is 2.30. The molecule has 4 atom stereocenters. The molecule has 0 aromatic carbocycles. The zero-order valence-electron chi connectivity index (χ0n) is 20.6. The third-order valence-electron chi connectivity index (χ3n) is 4.16. The van der Waals surface area contributed by atoms with Crippen molar-refractivity contribution >= 4 is 11.9 Å². The Morgan fingerprint density at radius 1 is 0.600 bits per heavy atom. The SMILES string of the molecule is C=C(C)C(=O)OCC(O)COCOCC(O)CCCC(O)COCOCC(O)COC(=O)C(=C)C. The highest BCUT2D eigenvalue weighted by Gasteiger charge is 2.12. The molecule has 0 radical (unpaired) electrons. The zero-order chi connectivity index (χ0) is 26.6. The maximum atomic E-state index is 11.2. The van der Waals surface area contributed by atoms with Gasteiger partial charge in [-0.1, -0.05) is 13.2 Å². The van der Waals surface area contributed by atoms with Gasteiger partial charge in [0, 0.05) is 11.1 Å². The lowest BCUT2D eigenvalue weighted by Crippen LogP contribution is -2.25. The van der Waals surface area contributed by atoms with Crippen LogP contribution in [0.4, 0.5) is 0 Å². The van der Waals surface area contributed by atoms with Crippen molar-refractivity contribution in [3.05, 3.63) is 24.3 Å². The molecule has 12 heteroatoms. The van der Waals surface area contributed by atoms with Crippen LogP contribution in [-0.4, -0.2) is 110 Å². The summed E-state index contributed by atoms with van der Waals surface area (Å²) in [5.74, 6) is -1.19. The summed E-state index contributed by atoms with van der Waals surface area (Å²) in [5.41, 5.74) is 0.468. The quantitative estimate of drug-likeness (QED) is 0.0659. The highest BCUT2D eigenvalue weighted by molar-refractivity contribution is 5.87. The van der Waals surface area contributed by atoms with Crippen LogP contribution in [0, 0.1) is 0 Å². The van der Waals surface area contributed by atoms with Crippen LogP contribution in [0.5, 0.6) is 0 Å². The molecule has 0 amide bonds. The van der Waals surface area contributed by atoms with Crippen LogP contribution in [0.1, 0.15) is 33.1 Å². The van der Waals surface area contributed by atoms with E-state index in [9.17, 15) is 30.0 Å². The van der Waals surface area contributed by atoms with Gasteiger partial charge in [0.15, 0.2) is 0 Å². The number of rotatable bonds is 22. The van der Waals surface area contributed by atoms with E-state index in [1.54, 1.807) is 0 Å². The first-order valence-electron chi connectivity index (χ1n) is 11.2. The molecule has 0 aliphatic heterocycles. The Labute approximate surface area is 206 Å². The summed E-state index contributed by atoms with van der Waals surface area (Å²) >= 11 is 0. The smallest absolute Gasteiger partial charge is 0.333 e. The van der Waals surface area contributed by atoms with Crippen molar-refractivity contribution in [2.24, 2.45) is 0 Å². The third-order valence-corrected chi connectivity index (χ3v) is 4.16. The molecular weight excluding hydrogens is 468 g/mol. The van der Waals surface area contributed by atoms with Crippen LogP contribution in [0.2, 0.25) is 0 Å². The molecule has 0 spiro atoms. The van der Waals surface area contributed by atoms with E-state index in [4.69, 9.17) is 28.4 Å². The highest BCUT2D eigenvalue weighted by Crippen LogP contribution is 2.06. The fraction of sp³-hybridized carbons (Fsp3) is 0.739. The molecular formula is C23H40O12. The van der Waals surface area contributed by atoms with Crippen LogP contribution in [0.15, 0.2) is 24.3 Å². The Bertz CT molecular complexity index is 572. The molecule has 0 saturated carbocycles. The van der Waals surface area contributed by atoms with Crippen molar-refractivity contribution in [1.29, 1.82) is 0 Å². The third kappa shape index (κ3) is 20.0. The van der Waals surface area contributed by atoms with Gasteiger partial charge in [-0.05, 0) is 33.1 Å². The van der Waals surface area contributed by atoms with E-state index >= 15 is 0 Å². The number of aliphatic hydroxyl groups excluding tert-OH is 4. The van der Waals surface area contributed by atoms with Gasteiger partial charge in [0.05, 0.1) is 38.6 Å². The van der Waals surface area contributed by atoms with Crippen molar-refractivity contribution in [3.8, 4) is 0 Å². The molecule has 0 rings (SSSR count). The number of ether oxygens (including phenoxy) is 6. The number of esters is 2. The molecule has 204 valence electrons. The largest absolute Gasteiger partial charge is 0.460 e. The predicted molar refractivity (Wildman–Crippen MR) is 123 cm³/mol. The molecule has 0 aromatic rings.